The van der Waals surface area contributed by atoms with Crippen LogP contribution in [0.3, 0.4) is 0 Å². The highest BCUT2D eigenvalue weighted by Gasteiger charge is 2.58. The van der Waals surface area contributed by atoms with Crippen LogP contribution in [0, 0.1) is 28.6 Å². The van der Waals surface area contributed by atoms with Crippen LogP contribution < -0.4 is 11.2 Å². The number of hydrogen-bond donors (Lipinski definition) is 2. The number of thiocarbonyl (C=S) groups is 1. The van der Waals surface area contributed by atoms with E-state index in [0.717, 1.165) is 37.8 Å². The Kier molecular flexibility index (Phi) is 4.89. The molecular formula is C22H31N3O2S. The van der Waals surface area contributed by atoms with Crippen molar-refractivity contribution in [1.82, 2.24) is 5.43 Å². The van der Waals surface area contributed by atoms with Gasteiger partial charge in [-0.15, -0.1) is 0 Å². The molecule has 4 aliphatic rings. The van der Waals surface area contributed by atoms with Crippen molar-refractivity contribution in [2.24, 2.45) is 39.4 Å². The number of carbonyl (C=O) groups is 1. The minimum absolute atomic E-state index is 0.0744. The third-order valence-corrected chi connectivity index (χ3v) is 8.15. The lowest BCUT2D eigenvalue weighted by molar-refractivity contribution is -0.155. The van der Waals surface area contributed by atoms with Gasteiger partial charge in [0, 0.05) is 12.3 Å². The molecule has 6 atom stereocenters. The lowest BCUT2D eigenvalue weighted by atomic mass is 9.49. The quantitative estimate of drug-likeness (QED) is 0.418. The van der Waals surface area contributed by atoms with Gasteiger partial charge in [0.25, 0.3) is 0 Å². The topological polar surface area (TPSA) is 76.7 Å². The molecule has 4 aliphatic carbocycles. The van der Waals surface area contributed by atoms with Gasteiger partial charge in [-0.2, -0.15) is 5.10 Å². The SMILES string of the molecule is CC(=O)O[C@H]1CC[C@H]2[C@@H]3C=CC4=C/C(=N\NC(N)=S)CC[C@]4(C)[C@H]3CC[C@]12C. The molecule has 0 bridgehead atoms. The number of nitrogens with one attached hydrogen (secondary N) is 1. The zero-order valence-electron chi connectivity index (χ0n) is 17.0. The molecule has 2 fully saturated rings. The first-order valence-electron chi connectivity index (χ1n) is 10.4. The molecule has 0 spiro atoms. The molecule has 0 aromatic heterocycles. The Labute approximate surface area is 172 Å². The molecule has 0 saturated heterocycles. The molecule has 0 aromatic rings. The predicted molar refractivity (Wildman–Crippen MR) is 115 cm³/mol. The van der Waals surface area contributed by atoms with E-state index in [4.69, 9.17) is 22.7 Å². The summed E-state index contributed by atoms with van der Waals surface area (Å²) in [5.74, 6) is 1.66. The maximum atomic E-state index is 11.6. The van der Waals surface area contributed by atoms with Crippen LogP contribution in [0.5, 0.6) is 0 Å². The van der Waals surface area contributed by atoms with E-state index < -0.39 is 0 Å². The van der Waals surface area contributed by atoms with Crippen molar-refractivity contribution in [3.05, 3.63) is 23.8 Å². The smallest absolute Gasteiger partial charge is 0.302 e. The van der Waals surface area contributed by atoms with E-state index in [1.54, 1.807) is 0 Å². The van der Waals surface area contributed by atoms with Crippen LogP contribution in [0.2, 0.25) is 0 Å². The monoisotopic (exact) mass is 401 g/mol. The fourth-order valence-corrected chi connectivity index (χ4v) is 6.61. The molecule has 0 radical (unpaired) electrons. The number of esters is 1. The number of fused-ring (bicyclic) bond motifs is 5. The molecule has 6 heteroatoms. The molecule has 2 saturated carbocycles. The summed E-state index contributed by atoms with van der Waals surface area (Å²) < 4.78 is 5.74. The largest absolute Gasteiger partial charge is 0.462 e. The summed E-state index contributed by atoms with van der Waals surface area (Å²) >= 11 is 4.86. The van der Waals surface area contributed by atoms with Crippen LogP contribution >= 0.6 is 12.2 Å². The Hall–Kier alpha value is -1.69. The fourth-order valence-electron chi connectivity index (χ4n) is 6.57. The van der Waals surface area contributed by atoms with Crippen molar-refractivity contribution < 1.29 is 9.53 Å². The summed E-state index contributed by atoms with van der Waals surface area (Å²) in [5, 5.41) is 4.55. The Balaban J connectivity index is 1.61. The van der Waals surface area contributed by atoms with Crippen LogP contribution in [-0.4, -0.2) is 22.9 Å². The van der Waals surface area contributed by atoms with Gasteiger partial charge in [-0.25, -0.2) is 0 Å². The average molecular weight is 402 g/mol. The van der Waals surface area contributed by atoms with E-state index in [1.165, 1.54) is 18.9 Å². The minimum Gasteiger partial charge on any atom is -0.462 e. The molecule has 4 rings (SSSR count). The number of hydrogen-bond acceptors (Lipinski definition) is 4. The molecule has 0 amide bonds. The first-order valence-corrected chi connectivity index (χ1v) is 10.8. The second-order valence-corrected chi connectivity index (χ2v) is 9.91. The Morgan fingerprint density at radius 1 is 1.29 bits per heavy atom. The van der Waals surface area contributed by atoms with Crippen LogP contribution in [0.25, 0.3) is 0 Å². The normalized spacial score (nSPS) is 42.8. The molecule has 0 heterocycles. The molecule has 3 N–H and O–H groups in total. The van der Waals surface area contributed by atoms with Gasteiger partial charge in [-0.3, -0.25) is 10.2 Å². The van der Waals surface area contributed by atoms with E-state index in [1.807, 2.05) is 0 Å². The standard InChI is InChI=1S/C22H31N3O2S/c1-13(26)27-19-7-6-17-16-5-4-14-12-15(24-25-20(23)28)8-10-21(14,2)18(16)9-11-22(17,19)3/h4-5,12,16-19H,6-11H2,1-3H3,(H3,23,25,28)/b24-15-/t16-,17-,18-,19-,21-,22-/m0/s1. The molecule has 5 nitrogen and oxygen atoms in total. The number of nitrogens with zero attached hydrogens (tertiary/aromatic N) is 1. The molecule has 28 heavy (non-hydrogen) atoms. The average Bonchev–Trinajstić information content (AvgIpc) is 2.95. The van der Waals surface area contributed by atoms with Crippen molar-refractivity contribution >= 4 is 29.0 Å². The van der Waals surface area contributed by atoms with Gasteiger partial charge in [0.05, 0.1) is 5.71 Å². The van der Waals surface area contributed by atoms with E-state index >= 15 is 0 Å². The Bertz CT molecular complexity index is 789. The predicted octanol–water partition coefficient (Wildman–Crippen LogP) is 3.85. The highest BCUT2D eigenvalue weighted by molar-refractivity contribution is 7.80. The van der Waals surface area contributed by atoms with Gasteiger partial charge < -0.3 is 10.5 Å². The van der Waals surface area contributed by atoms with Gasteiger partial charge in [-0.05, 0) is 85.6 Å². The maximum Gasteiger partial charge on any atom is 0.302 e. The summed E-state index contributed by atoms with van der Waals surface area (Å²) in [6.07, 6.45) is 13.5. The van der Waals surface area contributed by atoms with Crippen molar-refractivity contribution in [2.45, 2.75) is 65.4 Å². The van der Waals surface area contributed by atoms with Gasteiger partial charge in [0.1, 0.15) is 6.10 Å². The number of rotatable bonds is 2. The van der Waals surface area contributed by atoms with Crippen molar-refractivity contribution in [1.29, 1.82) is 0 Å². The van der Waals surface area contributed by atoms with E-state index in [-0.39, 0.29) is 28.0 Å². The van der Waals surface area contributed by atoms with Crippen LogP contribution in [0.4, 0.5) is 0 Å². The molecule has 0 aromatic carbocycles. The summed E-state index contributed by atoms with van der Waals surface area (Å²) in [7, 11) is 0. The van der Waals surface area contributed by atoms with E-state index in [0.29, 0.717) is 17.8 Å². The summed E-state index contributed by atoms with van der Waals surface area (Å²) in [6, 6.07) is 0. The lowest BCUT2D eigenvalue weighted by Gasteiger charge is -2.55. The third-order valence-electron chi connectivity index (χ3n) is 8.06. The number of nitrogens with two attached hydrogens (primary N) is 1. The number of hydrazone groups is 1. The highest BCUT2D eigenvalue weighted by Crippen LogP contribution is 2.64. The van der Waals surface area contributed by atoms with Gasteiger partial charge in [0.2, 0.25) is 0 Å². The molecular weight excluding hydrogens is 370 g/mol. The van der Waals surface area contributed by atoms with Gasteiger partial charge >= 0.3 is 5.97 Å². The highest BCUT2D eigenvalue weighted by atomic mass is 32.1. The molecule has 0 aliphatic heterocycles. The summed E-state index contributed by atoms with van der Waals surface area (Å²) in [5.41, 5.74) is 10.9. The zero-order chi connectivity index (χ0) is 20.1. The van der Waals surface area contributed by atoms with Crippen molar-refractivity contribution in [3.63, 3.8) is 0 Å². The second kappa shape index (κ2) is 6.97. The summed E-state index contributed by atoms with van der Waals surface area (Å²) in [4.78, 5) is 11.6. The van der Waals surface area contributed by atoms with Crippen LogP contribution in [-0.2, 0) is 9.53 Å². The number of carbonyl (C=O) groups excluding carboxylic acids is 1. The van der Waals surface area contributed by atoms with Crippen LogP contribution in [0.1, 0.15) is 59.3 Å². The van der Waals surface area contributed by atoms with Gasteiger partial charge in [0.15, 0.2) is 5.11 Å². The van der Waals surface area contributed by atoms with E-state index in [9.17, 15) is 4.79 Å². The second-order valence-electron chi connectivity index (χ2n) is 9.47. The number of ether oxygens (including phenoxy) is 1. The Morgan fingerprint density at radius 3 is 2.79 bits per heavy atom. The van der Waals surface area contributed by atoms with E-state index in [2.05, 4.69) is 42.6 Å². The van der Waals surface area contributed by atoms with Crippen molar-refractivity contribution in [3.8, 4) is 0 Å². The minimum atomic E-state index is -0.143. The molecule has 0 unspecified atom stereocenters. The first-order chi connectivity index (χ1) is 13.2. The molecule has 152 valence electrons. The van der Waals surface area contributed by atoms with Crippen molar-refractivity contribution in [2.75, 3.05) is 0 Å². The van der Waals surface area contributed by atoms with Crippen LogP contribution in [0.15, 0.2) is 28.9 Å². The van der Waals surface area contributed by atoms with Gasteiger partial charge in [-0.1, -0.05) is 26.0 Å². The first kappa shape index (κ1) is 19.6. The lowest BCUT2D eigenvalue weighted by Crippen LogP contribution is -2.50. The zero-order valence-corrected chi connectivity index (χ0v) is 17.8. The number of allylic oxidation sites excluding steroid dienone is 4. The third kappa shape index (κ3) is 3.10. The maximum absolute atomic E-state index is 11.6. The fraction of sp³-hybridized carbons (Fsp3) is 0.682. The summed E-state index contributed by atoms with van der Waals surface area (Å²) in [6.45, 7) is 6.32. The Morgan fingerprint density at radius 2 is 2.07 bits per heavy atom.